The van der Waals surface area contributed by atoms with Crippen molar-refractivity contribution in [2.24, 2.45) is 0 Å². The molecule has 0 saturated carbocycles. The first-order valence-corrected chi connectivity index (χ1v) is 12.3. The number of hydrogen-bond acceptors (Lipinski definition) is 3. The number of rotatable bonds is 7. The van der Waals surface area contributed by atoms with Crippen LogP contribution in [-0.2, 0) is 21.4 Å². The van der Waals surface area contributed by atoms with Gasteiger partial charge in [0.05, 0.1) is 10.6 Å². The first kappa shape index (κ1) is 22.8. The molecule has 0 aliphatic rings. The smallest absolute Gasteiger partial charge is 0.264 e. The lowest BCUT2D eigenvalue weighted by atomic mass is 10.0. The van der Waals surface area contributed by atoms with Gasteiger partial charge in [0.1, 0.15) is 6.54 Å². The lowest BCUT2D eigenvalue weighted by Crippen LogP contribution is -2.41. The Labute approximate surface area is 198 Å². The number of aryl methyl sites for hydroxylation is 1. The number of hydrogen-bond donors (Lipinski definition) is 1. The number of anilines is 1. The van der Waals surface area contributed by atoms with Crippen LogP contribution < -0.4 is 9.62 Å². The van der Waals surface area contributed by atoms with Crippen molar-refractivity contribution in [3.8, 4) is 0 Å². The van der Waals surface area contributed by atoms with E-state index in [9.17, 15) is 13.2 Å². The summed E-state index contributed by atoms with van der Waals surface area (Å²) >= 11 is 6.17. The van der Waals surface area contributed by atoms with Gasteiger partial charge in [-0.1, -0.05) is 78.3 Å². The predicted molar refractivity (Wildman–Crippen MR) is 133 cm³/mol. The summed E-state index contributed by atoms with van der Waals surface area (Å²) in [5.41, 5.74) is 2.02. The first-order chi connectivity index (χ1) is 15.9. The minimum atomic E-state index is -3.99. The second kappa shape index (κ2) is 9.65. The van der Waals surface area contributed by atoms with E-state index < -0.39 is 15.9 Å². The Bertz CT molecular complexity index is 1400. The predicted octanol–water partition coefficient (Wildman–Crippen LogP) is 5.31. The van der Waals surface area contributed by atoms with E-state index in [4.69, 9.17) is 11.6 Å². The molecule has 1 amide bonds. The van der Waals surface area contributed by atoms with E-state index in [0.29, 0.717) is 16.3 Å². The van der Waals surface area contributed by atoms with Gasteiger partial charge in [0, 0.05) is 11.6 Å². The van der Waals surface area contributed by atoms with Gasteiger partial charge in [-0.15, -0.1) is 0 Å². The summed E-state index contributed by atoms with van der Waals surface area (Å²) < 4.78 is 28.1. The van der Waals surface area contributed by atoms with Crippen LogP contribution in [0.4, 0.5) is 5.69 Å². The van der Waals surface area contributed by atoms with E-state index >= 15 is 0 Å². The fourth-order valence-electron chi connectivity index (χ4n) is 3.70. The molecule has 4 aromatic rings. The Hall–Kier alpha value is -3.35. The number of benzene rings is 4. The Morgan fingerprint density at radius 2 is 1.61 bits per heavy atom. The molecule has 1 N–H and O–H groups in total. The van der Waals surface area contributed by atoms with Gasteiger partial charge in [-0.25, -0.2) is 8.42 Å². The van der Waals surface area contributed by atoms with Gasteiger partial charge in [0.2, 0.25) is 5.91 Å². The van der Waals surface area contributed by atoms with Crippen LogP contribution in [0.2, 0.25) is 5.02 Å². The summed E-state index contributed by atoms with van der Waals surface area (Å²) in [6.07, 6.45) is 0. The zero-order chi connectivity index (χ0) is 23.4. The monoisotopic (exact) mass is 478 g/mol. The van der Waals surface area contributed by atoms with Crippen molar-refractivity contribution in [1.29, 1.82) is 0 Å². The average molecular weight is 479 g/mol. The van der Waals surface area contributed by atoms with Gasteiger partial charge >= 0.3 is 0 Å². The molecule has 4 aromatic carbocycles. The van der Waals surface area contributed by atoms with Gasteiger partial charge in [0.15, 0.2) is 0 Å². The van der Waals surface area contributed by atoms with Crippen LogP contribution in [0.3, 0.4) is 0 Å². The third kappa shape index (κ3) is 5.02. The van der Waals surface area contributed by atoms with Crippen LogP contribution >= 0.6 is 11.6 Å². The fourth-order valence-corrected chi connectivity index (χ4v) is 5.36. The van der Waals surface area contributed by atoms with Gasteiger partial charge in [0.25, 0.3) is 10.0 Å². The topological polar surface area (TPSA) is 66.5 Å². The molecule has 0 bridgehead atoms. The third-order valence-corrected chi connectivity index (χ3v) is 7.42. The van der Waals surface area contributed by atoms with Crippen LogP contribution in [0.1, 0.15) is 11.1 Å². The maximum Gasteiger partial charge on any atom is 0.264 e. The van der Waals surface area contributed by atoms with Crippen molar-refractivity contribution in [1.82, 2.24) is 5.32 Å². The fraction of sp³-hybridized carbons (Fsp3) is 0.115. The number of nitrogens with zero attached hydrogens (tertiary/aromatic N) is 1. The molecule has 0 aliphatic heterocycles. The summed E-state index contributed by atoms with van der Waals surface area (Å²) in [5.74, 6) is -0.415. The van der Waals surface area contributed by atoms with Gasteiger partial charge in [-0.2, -0.15) is 0 Å². The molecule has 0 fully saturated rings. The molecule has 0 aliphatic carbocycles. The summed E-state index contributed by atoms with van der Waals surface area (Å²) in [4.78, 5) is 13.1. The van der Waals surface area contributed by atoms with E-state index in [1.807, 2.05) is 42.5 Å². The quantitative estimate of drug-likeness (QED) is 0.391. The number of fused-ring (bicyclic) bond motifs is 1. The van der Waals surface area contributed by atoms with E-state index in [-0.39, 0.29) is 18.0 Å². The van der Waals surface area contributed by atoms with E-state index in [0.717, 1.165) is 20.6 Å². The molecule has 0 atom stereocenters. The Morgan fingerprint density at radius 3 is 2.39 bits per heavy atom. The molecular formula is C26H23ClN2O3S. The number of halogens is 1. The van der Waals surface area contributed by atoms with Crippen LogP contribution in [-0.4, -0.2) is 20.9 Å². The second-order valence-electron chi connectivity index (χ2n) is 7.67. The molecule has 168 valence electrons. The number of sulfonamides is 1. The van der Waals surface area contributed by atoms with Crippen molar-refractivity contribution >= 4 is 44.0 Å². The van der Waals surface area contributed by atoms with Crippen LogP contribution in [0.25, 0.3) is 10.8 Å². The molecule has 0 spiro atoms. The van der Waals surface area contributed by atoms with Crippen molar-refractivity contribution in [3.63, 3.8) is 0 Å². The van der Waals surface area contributed by atoms with E-state index in [2.05, 4.69) is 5.32 Å². The van der Waals surface area contributed by atoms with E-state index in [1.54, 1.807) is 43.3 Å². The third-order valence-electron chi connectivity index (χ3n) is 5.41. The SMILES string of the molecule is Cc1ccc(Cl)cc1N(CC(=O)NCc1cccc2ccccc12)S(=O)(=O)c1ccccc1. The second-order valence-corrected chi connectivity index (χ2v) is 9.97. The first-order valence-electron chi connectivity index (χ1n) is 10.4. The number of carbonyl (C=O) groups is 1. The molecule has 4 rings (SSSR count). The van der Waals surface area contributed by atoms with Gasteiger partial charge in [-0.05, 0) is 53.1 Å². The number of nitrogens with one attached hydrogen (secondary N) is 1. The Kier molecular flexibility index (Phi) is 6.67. The molecule has 0 aromatic heterocycles. The minimum absolute atomic E-state index is 0.103. The summed E-state index contributed by atoms with van der Waals surface area (Å²) in [5, 5.41) is 5.38. The highest BCUT2D eigenvalue weighted by Crippen LogP contribution is 2.29. The molecule has 0 unspecified atom stereocenters. The van der Waals surface area contributed by atoms with Crippen molar-refractivity contribution in [2.75, 3.05) is 10.8 Å². The lowest BCUT2D eigenvalue weighted by Gasteiger charge is -2.26. The highest BCUT2D eigenvalue weighted by atomic mass is 35.5. The average Bonchev–Trinajstić information content (AvgIpc) is 2.83. The van der Waals surface area contributed by atoms with E-state index in [1.165, 1.54) is 12.1 Å². The molecule has 0 saturated heterocycles. The molecule has 0 radical (unpaired) electrons. The zero-order valence-corrected chi connectivity index (χ0v) is 19.6. The molecular weight excluding hydrogens is 456 g/mol. The summed E-state index contributed by atoms with van der Waals surface area (Å²) in [6.45, 7) is 1.70. The summed E-state index contributed by atoms with van der Waals surface area (Å²) in [6, 6.07) is 26.9. The zero-order valence-electron chi connectivity index (χ0n) is 18.0. The summed E-state index contributed by atoms with van der Waals surface area (Å²) in [7, 11) is -3.99. The van der Waals surface area contributed by atoms with Gasteiger partial charge in [-0.3, -0.25) is 9.10 Å². The highest BCUT2D eigenvalue weighted by Gasteiger charge is 2.28. The molecule has 7 heteroatoms. The lowest BCUT2D eigenvalue weighted by molar-refractivity contribution is -0.119. The molecule has 5 nitrogen and oxygen atoms in total. The number of carbonyl (C=O) groups excluding carboxylic acids is 1. The minimum Gasteiger partial charge on any atom is -0.350 e. The van der Waals surface area contributed by atoms with Gasteiger partial charge < -0.3 is 5.32 Å². The molecule has 0 heterocycles. The largest absolute Gasteiger partial charge is 0.350 e. The Balaban J connectivity index is 1.62. The molecule has 33 heavy (non-hydrogen) atoms. The highest BCUT2D eigenvalue weighted by molar-refractivity contribution is 7.92. The normalized spacial score (nSPS) is 11.3. The van der Waals surface area contributed by atoms with Crippen LogP contribution in [0.5, 0.6) is 0 Å². The maximum absolute atomic E-state index is 13.5. The van der Waals surface area contributed by atoms with Crippen molar-refractivity contribution < 1.29 is 13.2 Å². The maximum atomic E-state index is 13.5. The van der Waals surface area contributed by atoms with Crippen molar-refractivity contribution in [3.05, 3.63) is 107 Å². The van der Waals surface area contributed by atoms with Crippen molar-refractivity contribution in [2.45, 2.75) is 18.4 Å². The van der Waals surface area contributed by atoms with Crippen LogP contribution in [0.15, 0.2) is 95.9 Å². The Morgan fingerprint density at radius 1 is 0.909 bits per heavy atom. The standard InChI is InChI=1S/C26H23ClN2O3S/c1-19-14-15-22(27)16-25(19)29(33(31,32)23-11-3-2-4-12-23)18-26(30)28-17-21-10-7-9-20-8-5-6-13-24(20)21/h2-16H,17-18H2,1H3,(H,28,30). The number of amides is 1. The van der Waals surface area contributed by atoms with Crippen LogP contribution in [0, 0.1) is 6.92 Å².